The molecule has 1 heterocycles. The Morgan fingerprint density at radius 1 is 1.14 bits per heavy atom. The van der Waals surface area contributed by atoms with Crippen molar-refractivity contribution in [3.05, 3.63) is 59.2 Å². The first kappa shape index (κ1) is 21.0. The highest BCUT2D eigenvalue weighted by Crippen LogP contribution is 2.30. The van der Waals surface area contributed by atoms with Gasteiger partial charge in [-0.05, 0) is 67.8 Å². The number of carbonyl (C=O) groups is 2. The van der Waals surface area contributed by atoms with E-state index in [2.05, 4.69) is 4.72 Å². The highest BCUT2D eigenvalue weighted by molar-refractivity contribution is 7.89. The molecule has 0 saturated carbocycles. The number of esters is 1. The molecule has 154 valence electrons. The van der Waals surface area contributed by atoms with Gasteiger partial charge in [-0.1, -0.05) is 6.92 Å². The molecule has 0 bridgehead atoms. The van der Waals surface area contributed by atoms with Crippen LogP contribution in [0.2, 0.25) is 0 Å². The number of methoxy groups -OCH3 is 1. The van der Waals surface area contributed by atoms with Gasteiger partial charge in [0.15, 0.2) is 0 Å². The van der Waals surface area contributed by atoms with Crippen molar-refractivity contribution in [1.29, 1.82) is 0 Å². The van der Waals surface area contributed by atoms with Crippen molar-refractivity contribution in [1.82, 2.24) is 4.72 Å². The topological polar surface area (TPSA) is 92.8 Å². The molecule has 1 atom stereocenters. The van der Waals surface area contributed by atoms with Gasteiger partial charge in [0, 0.05) is 23.8 Å². The van der Waals surface area contributed by atoms with Crippen molar-refractivity contribution >= 4 is 27.6 Å². The Labute approximate surface area is 170 Å². The van der Waals surface area contributed by atoms with Gasteiger partial charge >= 0.3 is 5.97 Å². The lowest BCUT2D eigenvalue weighted by atomic mass is 10.1. The Hall–Kier alpha value is -2.71. The van der Waals surface area contributed by atoms with E-state index < -0.39 is 16.0 Å². The molecule has 0 saturated heterocycles. The number of rotatable bonds is 6. The Bertz CT molecular complexity index is 1030. The average Bonchev–Trinajstić information content (AvgIpc) is 3.15. The molecular formula is C21H24N2O5S. The number of ether oxygens (including phenoxy) is 1. The van der Waals surface area contributed by atoms with Crippen molar-refractivity contribution < 1.29 is 22.7 Å². The van der Waals surface area contributed by atoms with Gasteiger partial charge in [0.25, 0.3) is 5.91 Å². The first-order valence-corrected chi connectivity index (χ1v) is 10.9. The summed E-state index contributed by atoms with van der Waals surface area (Å²) in [4.78, 5) is 26.4. The fourth-order valence-electron chi connectivity index (χ4n) is 3.21. The van der Waals surface area contributed by atoms with Crippen molar-refractivity contribution in [3.8, 4) is 0 Å². The molecule has 1 aliphatic rings. The number of nitrogens with zero attached hydrogens (tertiary/aromatic N) is 1. The molecule has 29 heavy (non-hydrogen) atoms. The molecule has 2 aromatic rings. The molecule has 0 aliphatic carbocycles. The number of sulfonamides is 1. The molecule has 2 aromatic carbocycles. The number of hydrogen-bond acceptors (Lipinski definition) is 5. The molecule has 0 aromatic heterocycles. The van der Waals surface area contributed by atoms with Crippen molar-refractivity contribution in [2.75, 3.05) is 18.6 Å². The van der Waals surface area contributed by atoms with Gasteiger partial charge in [0.05, 0.1) is 17.6 Å². The van der Waals surface area contributed by atoms with Crippen LogP contribution < -0.4 is 9.62 Å². The first-order valence-electron chi connectivity index (χ1n) is 9.42. The van der Waals surface area contributed by atoms with Gasteiger partial charge in [-0.2, -0.15) is 0 Å². The quantitative estimate of drug-likeness (QED) is 0.731. The Morgan fingerprint density at radius 2 is 1.79 bits per heavy atom. The molecule has 1 aliphatic heterocycles. The van der Waals surface area contributed by atoms with E-state index in [-0.39, 0.29) is 16.8 Å². The lowest BCUT2D eigenvalue weighted by Crippen LogP contribution is -2.32. The summed E-state index contributed by atoms with van der Waals surface area (Å²) >= 11 is 0. The van der Waals surface area contributed by atoms with Gasteiger partial charge < -0.3 is 9.64 Å². The van der Waals surface area contributed by atoms with Crippen LogP contribution in [0.3, 0.4) is 0 Å². The predicted octanol–water partition coefficient (Wildman–Crippen LogP) is 2.75. The van der Waals surface area contributed by atoms with E-state index in [9.17, 15) is 18.0 Å². The Kier molecular flexibility index (Phi) is 6.04. The van der Waals surface area contributed by atoms with Crippen LogP contribution in [0.1, 0.15) is 46.5 Å². The van der Waals surface area contributed by atoms with Gasteiger partial charge in [-0.25, -0.2) is 17.9 Å². The van der Waals surface area contributed by atoms with Crippen LogP contribution in [-0.2, 0) is 21.2 Å². The van der Waals surface area contributed by atoms with E-state index in [1.54, 1.807) is 30.0 Å². The van der Waals surface area contributed by atoms with Gasteiger partial charge in [-0.3, -0.25) is 4.79 Å². The summed E-state index contributed by atoms with van der Waals surface area (Å²) in [7, 11) is -2.29. The maximum atomic E-state index is 12.9. The highest BCUT2D eigenvalue weighted by atomic mass is 32.2. The molecule has 0 spiro atoms. The van der Waals surface area contributed by atoms with Crippen LogP contribution in [-0.4, -0.2) is 40.0 Å². The summed E-state index contributed by atoms with van der Waals surface area (Å²) in [5, 5.41) is 0. The van der Waals surface area contributed by atoms with Crippen LogP contribution in [0, 0.1) is 0 Å². The second-order valence-corrected chi connectivity index (χ2v) is 8.71. The van der Waals surface area contributed by atoms with E-state index in [1.165, 1.54) is 31.4 Å². The average molecular weight is 416 g/mol. The minimum absolute atomic E-state index is 0.124. The number of anilines is 1. The van der Waals surface area contributed by atoms with Crippen LogP contribution >= 0.6 is 0 Å². The molecule has 0 radical (unpaired) electrons. The smallest absolute Gasteiger partial charge is 0.337 e. The maximum absolute atomic E-state index is 12.9. The summed E-state index contributed by atoms with van der Waals surface area (Å²) in [6.45, 7) is 4.19. The maximum Gasteiger partial charge on any atom is 0.337 e. The molecule has 1 N–H and O–H groups in total. The molecular weight excluding hydrogens is 392 g/mol. The third-order valence-corrected chi connectivity index (χ3v) is 6.63. The largest absolute Gasteiger partial charge is 0.465 e. The second-order valence-electron chi connectivity index (χ2n) is 7.00. The third-order valence-electron chi connectivity index (χ3n) is 5.02. The van der Waals surface area contributed by atoms with E-state index in [1.807, 2.05) is 6.92 Å². The number of nitrogens with one attached hydrogen (secondary N) is 1. The number of hydrogen-bond donors (Lipinski definition) is 1. The second kappa shape index (κ2) is 8.34. The number of fused-ring (bicyclic) bond motifs is 1. The van der Waals surface area contributed by atoms with Gasteiger partial charge in [0.1, 0.15) is 0 Å². The zero-order chi connectivity index (χ0) is 21.2. The minimum Gasteiger partial charge on any atom is -0.465 e. The monoisotopic (exact) mass is 416 g/mol. The SMILES string of the molecule is CCC(C)NS(=O)(=O)c1ccc(C(=O)N2CCc3cc(C(=O)OC)ccc32)cc1. The van der Waals surface area contributed by atoms with E-state index in [0.29, 0.717) is 30.5 Å². The normalized spacial score (nSPS) is 14.4. The number of carbonyl (C=O) groups excluding carboxylic acids is 2. The third kappa shape index (κ3) is 4.33. The summed E-state index contributed by atoms with van der Waals surface area (Å²) in [5.41, 5.74) is 2.50. The lowest BCUT2D eigenvalue weighted by molar-refractivity contribution is 0.0600. The van der Waals surface area contributed by atoms with Crippen LogP contribution in [0.15, 0.2) is 47.4 Å². The molecule has 3 rings (SSSR count). The summed E-state index contributed by atoms with van der Waals surface area (Å²) < 4.78 is 32.1. The zero-order valence-electron chi connectivity index (χ0n) is 16.6. The summed E-state index contributed by atoms with van der Waals surface area (Å²) in [6.07, 6.45) is 1.32. The summed E-state index contributed by atoms with van der Waals surface area (Å²) in [5.74, 6) is -0.631. The fourth-order valence-corrected chi connectivity index (χ4v) is 4.53. The molecule has 0 fully saturated rings. The van der Waals surface area contributed by atoms with Crippen LogP contribution in [0.4, 0.5) is 5.69 Å². The minimum atomic E-state index is -3.62. The van der Waals surface area contributed by atoms with E-state index in [0.717, 1.165) is 11.3 Å². The standard InChI is InChI=1S/C21H24N2O5S/c1-4-14(2)22-29(26,27)18-8-5-15(6-9-18)20(24)23-12-11-16-13-17(21(25)28-3)7-10-19(16)23/h5-10,13-14,22H,4,11-12H2,1-3H3. The highest BCUT2D eigenvalue weighted by Gasteiger charge is 2.27. The lowest BCUT2D eigenvalue weighted by Gasteiger charge is -2.18. The molecule has 8 heteroatoms. The Balaban J connectivity index is 1.80. The fraction of sp³-hybridized carbons (Fsp3) is 0.333. The Morgan fingerprint density at radius 3 is 2.41 bits per heavy atom. The molecule has 1 amide bonds. The molecule has 1 unspecified atom stereocenters. The molecule has 7 nitrogen and oxygen atoms in total. The van der Waals surface area contributed by atoms with Crippen molar-refractivity contribution in [2.24, 2.45) is 0 Å². The van der Waals surface area contributed by atoms with E-state index >= 15 is 0 Å². The van der Waals surface area contributed by atoms with Crippen molar-refractivity contribution in [3.63, 3.8) is 0 Å². The van der Waals surface area contributed by atoms with Gasteiger partial charge in [-0.15, -0.1) is 0 Å². The van der Waals surface area contributed by atoms with Crippen molar-refractivity contribution in [2.45, 2.75) is 37.6 Å². The number of amides is 1. The zero-order valence-corrected chi connectivity index (χ0v) is 17.5. The number of benzene rings is 2. The summed E-state index contributed by atoms with van der Waals surface area (Å²) in [6, 6.07) is 10.9. The van der Waals surface area contributed by atoms with Crippen LogP contribution in [0.5, 0.6) is 0 Å². The van der Waals surface area contributed by atoms with Gasteiger partial charge in [0.2, 0.25) is 10.0 Å². The first-order chi connectivity index (χ1) is 13.8. The van der Waals surface area contributed by atoms with Crippen LogP contribution in [0.25, 0.3) is 0 Å². The van der Waals surface area contributed by atoms with E-state index in [4.69, 9.17) is 4.74 Å². The predicted molar refractivity (Wildman–Crippen MR) is 110 cm³/mol.